The van der Waals surface area contributed by atoms with Crippen LogP contribution in [0.4, 0.5) is 0 Å². The molecule has 0 aromatic heterocycles. The van der Waals surface area contributed by atoms with Gasteiger partial charge in [0.15, 0.2) is 0 Å². The maximum atomic E-state index is 2.46. The van der Waals surface area contributed by atoms with Crippen LogP contribution in [0.1, 0.15) is 22.3 Å². The summed E-state index contributed by atoms with van der Waals surface area (Å²) < 4.78 is 0. The molecule has 0 saturated carbocycles. The molecule has 13 rings (SSSR count). The van der Waals surface area contributed by atoms with Crippen LogP contribution in [0, 0.1) is 0 Å². The Morgan fingerprint density at radius 3 is 1.30 bits per heavy atom. The van der Waals surface area contributed by atoms with Crippen molar-refractivity contribution in [3.8, 4) is 44.5 Å². The van der Waals surface area contributed by atoms with Crippen LogP contribution in [0.3, 0.4) is 0 Å². The third-order valence-electron chi connectivity index (χ3n) is 13.2. The maximum absolute atomic E-state index is 2.46. The Balaban J connectivity index is 1.17. The van der Waals surface area contributed by atoms with E-state index < -0.39 is 5.41 Å². The lowest BCUT2D eigenvalue weighted by atomic mass is 9.68. The van der Waals surface area contributed by atoms with Gasteiger partial charge in [-0.2, -0.15) is 0 Å². The van der Waals surface area contributed by atoms with Gasteiger partial charge in [0.05, 0.1) is 5.41 Å². The van der Waals surface area contributed by atoms with E-state index in [9.17, 15) is 0 Å². The van der Waals surface area contributed by atoms with Crippen molar-refractivity contribution in [1.82, 2.24) is 0 Å². The summed E-state index contributed by atoms with van der Waals surface area (Å²) in [6.07, 6.45) is 0. The molecule has 262 valence electrons. The second-order valence-corrected chi connectivity index (χ2v) is 15.8. The molecule has 0 unspecified atom stereocenters. The van der Waals surface area contributed by atoms with Crippen molar-refractivity contribution < 1.29 is 0 Å². The number of hydrogen-bond donors (Lipinski definition) is 0. The molecule has 0 radical (unpaired) electrons. The van der Waals surface area contributed by atoms with E-state index >= 15 is 0 Å². The van der Waals surface area contributed by atoms with Crippen LogP contribution in [0.25, 0.3) is 98.4 Å². The summed E-state index contributed by atoms with van der Waals surface area (Å²) in [7, 11) is 0. The highest BCUT2D eigenvalue weighted by Gasteiger charge is 2.53. The van der Waals surface area contributed by atoms with Gasteiger partial charge >= 0.3 is 0 Å². The van der Waals surface area contributed by atoms with E-state index in [1.807, 2.05) is 0 Å². The molecule has 0 N–H and O–H groups in total. The van der Waals surface area contributed by atoms with Gasteiger partial charge in [0, 0.05) is 0 Å². The fourth-order valence-corrected chi connectivity index (χ4v) is 11.2. The minimum atomic E-state index is -0.487. The normalized spacial score (nSPS) is 13.4. The Morgan fingerprint density at radius 1 is 0.246 bits per heavy atom. The van der Waals surface area contributed by atoms with Crippen molar-refractivity contribution >= 4 is 53.9 Å². The molecular weight excluding hydrogens is 685 g/mol. The minimum Gasteiger partial charge on any atom is -0.0622 e. The van der Waals surface area contributed by atoms with E-state index in [-0.39, 0.29) is 0 Å². The SMILES string of the molecule is c1ccc(-c2c3ccccc3c(-c3ccc4c5c(ccc4c3)-c3c(c4ccccc4c4ccccc34)C53c4ccccc4-c4ccccc43)c3ccccc23)cc1. The summed E-state index contributed by atoms with van der Waals surface area (Å²) in [6.45, 7) is 0. The maximum Gasteiger partial charge on any atom is 0.0737 e. The topological polar surface area (TPSA) is 0 Å². The fourth-order valence-electron chi connectivity index (χ4n) is 11.2. The predicted molar refractivity (Wildman–Crippen MR) is 241 cm³/mol. The molecule has 0 amide bonds. The van der Waals surface area contributed by atoms with E-state index in [1.165, 1.54) is 121 Å². The molecular formula is C57H34. The smallest absolute Gasteiger partial charge is 0.0622 e. The van der Waals surface area contributed by atoms with Crippen LogP contribution in [0.5, 0.6) is 0 Å². The standard InChI is InChI=1S/C57H34/c1-2-16-35(17-3-1)52-44-23-7-9-25-46(44)53(47-26-10-8-24-45(47)52)37-31-32-38-36(34-37)30-33-49-54-43-22-6-4-18-39(43)40-19-5-11-27-48(40)56(54)57(55(38)49)50-28-14-12-20-41(50)42-21-13-15-29-51(42)57/h1-34H. The summed E-state index contributed by atoms with van der Waals surface area (Å²) in [5, 5.41) is 12.9. The Labute approximate surface area is 330 Å². The van der Waals surface area contributed by atoms with Gasteiger partial charge in [-0.25, -0.2) is 0 Å². The quantitative estimate of drug-likeness (QED) is 0.123. The highest BCUT2D eigenvalue weighted by molar-refractivity contribution is 6.23. The fraction of sp³-hybridized carbons (Fsp3) is 0.0175. The lowest BCUT2D eigenvalue weighted by molar-refractivity contribution is 0.809. The Hall–Kier alpha value is -7.28. The Morgan fingerprint density at radius 2 is 0.702 bits per heavy atom. The van der Waals surface area contributed by atoms with Crippen molar-refractivity contribution in [2.24, 2.45) is 0 Å². The molecule has 11 aromatic carbocycles. The molecule has 0 bridgehead atoms. The largest absolute Gasteiger partial charge is 0.0737 e. The van der Waals surface area contributed by atoms with Crippen LogP contribution < -0.4 is 0 Å². The number of rotatable bonds is 2. The average Bonchev–Trinajstić information content (AvgIpc) is 3.76. The van der Waals surface area contributed by atoms with Crippen LogP contribution in [-0.4, -0.2) is 0 Å². The monoisotopic (exact) mass is 718 g/mol. The molecule has 0 aliphatic heterocycles. The predicted octanol–water partition coefficient (Wildman–Crippen LogP) is 15.1. The first-order chi connectivity index (χ1) is 28.3. The lowest BCUT2D eigenvalue weighted by Crippen LogP contribution is -2.26. The second-order valence-electron chi connectivity index (χ2n) is 15.8. The summed E-state index contributed by atoms with van der Waals surface area (Å²) in [5.41, 5.74) is 15.5. The van der Waals surface area contributed by atoms with Crippen molar-refractivity contribution in [1.29, 1.82) is 0 Å². The summed E-state index contributed by atoms with van der Waals surface area (Å²) in [4.78, 5) is 0. The van der Waals surface area contributed by atoms with Crippen molar-refractivity contribution in [3.63, 3.8) is 0 Å². The van der Waals surface area contributed by atoms with E-state index in [1.54, 1.807) is 0 Å². The van der Waals surface area contributed by atoms with Gasteiger partial charge in [-0.1, -0.05) is 200 Å². The molecule has 57 heavy (non-hydrogen) atoms. The van der Waals surface area contributed by atoms with E-state index in [4.69, 9.17) is 0 Å². The van der Waals surface area contributed by atoms with E-state index in [0.29, 0.717) is 0 Å². The zero-order valence-electron chi connectivity index (χ0n) is 31.1. The average molecular weight is 719 g/mol. The number of benzene rings is 11. The molecule has 0 saturated heterocycles. The molecule has 0 heterocycles. The molecule has 0 heteroatoms. The van der Waals surface area contributed by atoms with Gasteiger partial charge in [0.2, 0.25) is 0 Å². The Bertz CT molecular complexity index is 3410. The van der Waals surface area contributed by atoms with Crippen LogP contribution in [0.15, 0.2) is 206 Å². The molecule has 1 spiro atoms. The molecule has 11 aromatic rings. The molecule has 0 atom stereocenters. The van der Waals surface area contributed by atoms with E-state index in [2.05, 4.69) is 206 Å². The first kappa shape index (κ1) is 31.0. The number of hydrogen-bond acceptors (Lipinski definition) is 0. The Kier molecular flexibility index (Phi) is 6.19. The van der Waals surface area contributed by atoms with Crippen LogP contribution in [-0.2, 0) is 5.41 Å². The van der Waals surface area contributed by atoms with Crippen molar-refractivity contribution in [2.45, 2.75) is 5.41 Å². The molecule has 0 nitrogen and oxygen atoms in total. The zero-order chi connectivity index (χ0) is 37.2. The second kappa shape index (κ2) is 11.4. The first-order valence-corrected chi connectivity index (χ1v) is 20.0. The van der Waals surface area contributed by atoms with Gasteiger partial charge in [0.25, 0.3) is 0 Å². The van der Waals surface area contributed by atoms with Crippen LogP contribution >= 0.6 is 0 Å². The van der Waals surface area contributed by atoms with Crippen LogP contribution in [0.2, 0.25) is 0 Å². The third kappa shape index (κ3) is 3.92. The van der Waals surface area contributed by atoms with Crippen molar-refractivity contribution in [2.75, 3.05) is 0 Å². The van der Waals surface area contributed by atoms with E-state index in [0.717, 1.165) is 0 Å². The van der Waals surface area contributed by atoms with Gasteiger partial charge in [-0.15, -0.1) is 0 Å². The first-order valence-electron chi connectivity index (χ1n) is 20.0. The summed E-state index contributed by atoms with van der Waals surface area (Å²) >= 11 is 0. The third-order valence-corrected chi connectivity index (χ3v) is 13.2. The molecule has 2 aliphatic rings. The van der Waals surface area contributed by atoms with Gasteiger partial charge < -0.3 is 0 Å². The zero-order valence-corrected chi connectivity index (χ0v) is 31.1. The highest BCUT2D eigenvalue weighted by atomic mass is 14.5. The summed E-state index contributed by atoms with van der Waals surface area (Å²) in [5.74, 6) is 0. The minimum absolute atomic E-state index is 0.487. The highest BCUT2D eigenvalue weighted by Crippen LogP contribution is 2.66. The number of fused-ring (bicyclic) bond motifs is 19. The summed E-state index contributed by atoms with van der Waals surface area (Å²) in [6, 6.07) is 77.5. The van der Waals surface area contributed by atoms with Crippen molar-refractivity contribution in [3.05, 3.63) is 229 Å². The lowest BCUT2D eigenvalue weighted by Gasteiger charge is -2.32. The molecule has 2 aliphatic carbocycles. The van der Waals surface area contributed by atoms with Gasteiger partial charge in [0.1, 0.15) is 0 Å². The molecule has 0 fully saturated rings. The van der Waals surface area contributed by atoms with Gasteiger partial charge in [-0.3, -0.25) is 0 Å². The van der Waals surface area contributed by atoms with Gasteiger partial charge in [-0.05, 0) is 127 Å².